The summed E-state index contributed by atoms with van der Waals surface area (Å²) in [5.41, 5.74) is 8.39. The molecule has 14 heavy (non-hydrogen) atoms. The van der Waals surface area contributed by atoms with Crippen molar-refractivity contribution in [3.8, 4) is 0 Å². The SMILES string of the molecule is COC(=O)c1ccc(C(C)N)c(C)c1. The summed E-state index contributed by atoms with van der Waals surface area (Å²) < 4.78 is 4.62. The average molecular weight is 193 g/mol. The van der Waals surface area contributed by atoms with E-state index in [1.807, 2.05) is 19.9 Å². The van der Waals surface area contributed by atoms with Gasteiger partial charge in [-0.05, 0) is 37.1 Å². The molecule has 1 aromatic rings. The molecule has 0 bridgehead atoms. The van der Waals surface area contributed by atoms with Crippen molar-refractivity contribution in [3.05, 3.63) is 34.9 Å². The molecule has 1 aromatic carbocycles. The summed E-state index contributed by atoms with van der Waals surface area (Å²) in [6.07, 6.45) is 0. The van der Waals surface area contributed by atoms with Crippen molar-refractivity contribution in [1.82, 2.24) is 0 Å². The molecule has 1 unspecified atom stereocenters. The van der Waals surface area contributed by atoms with Gasteiger partial charge in [0.1, 0.15) is 0 Å². The van der Waals surface area contributed by atoms with Crippen molar-refractivity contribution in [2.24, 2.45) is 5.73 Å². The second-order valence-corrected chi connectivity index (χ2v) is 3.35. The maximum absolute atomic E-state index is 11.2. The van der Waals surface area contributed by atoms with Crippen LogP contribution < -0.4 is 5.73 Å². The fraction of sp³-hybridized carbons (Fsp3) is 0.364. The van der Waals surface area contributed by atoms with Crippen molar-refractivity contribution >= 4 is 5.97 Å². The van der Waals surface area contributed by atoms with Gasteiger partial charge in [0.15, 0.2) is 0 Å². The molecular weight excluding hydrogens is 178 g/mol. The van der Waals surface area contributed by atoms with Gasteiger partial charge in [-0.1, -0.05) is 6.07 Å². The number of rotatable bonds is 2. The molecule has 0 saturated carbocycles. The van der Waals surface area contributed by atoms with Gasteiger partial charge in [0.25, 0.3) is 0 Å². The van der Waals surface area contributed by atoms with Crippen LogP contribution in [0.3, 0.4) is 0 Å². The van der Waals surface area contributed by atoms with Gasteiger partial charge in [-0.3, -0.25) is 0 Å². The largest absolute Gasteiger partial charge is 0.465 e. The molecule has 0 aliphatic rings. The zero-order valence-corrected chi connectivity index (χ0v) is 8.70. The number of ether oxygens (including phenoxy) is 1. The number of aryl methyl sites for hydroxylation is 1. The van der Waals surface area contributed by atoms with E-state index in [0.29, 0.717) is 5.56 Å². The van der Waals surface area contributed by atoms with Crippen LogP contribution in [0.2, 0.25) is 0 Å². The second-order valence-electron chi connectivity index (χ2n) is 3.35. The van der Waals surface area contributed by atoms with Crippen LogP contribution in [0.15, 0.2) is 18.2 Å². The smallest absolute Gasteiger partial charge is 0.337 e. The number of hydrogen-bond donors (Lipinski definition) is 1. The number of carbonyl (C=O) groups excluding carboxylic acids is 1. The molecule has 1 atom stereocenters. The Kier molecular flexibility index (Phi) is 3.25. The lowest BCUT2D eigenvalue weighted by atomic mass is 10.0. The number of methoxy groups -OCH3 is 1. The Labute approximate surface area is 83.9 Å². The highest BCUT2D eigenvalue weighted by Crippen LogP contribution is 2.17. The van der Waals surface area contributed by atoms with Gasteiger partial charge in [0.2, 0.25) is 0 Å². The third-order valence-corrected chi connectivity index (χ3v) is 2.18. The van der Waals surface area contributed by atoms with E-state index in [0.717, 1.165) is 11.1 Å². The van der Waals surface area contributed by atoms with Crippen LogP contribution in [-0.4, -0.2) is 13.1 Å². The van der Waals surface area contributed by atoms with Gasteiger partial charge in [-0.15, -0.1) is 0 Å². The van der Waals surface area contributed by atoms with Crippen molar-refractivity contribution in [1.29, 1.82) is 0 Å². The first kappa shape index (κ1) is 10.7. The first-order valence-electron chi connectivity index (χ1n) is 4.50. The van der Waals surface area contributed by atoms with E-state index in [1.54, 1.807) is 12.1 Å². The Hall–Kier alpha value is -1.35. The molecule has 0 fully saturated rings. The van der Waals surface area contributed by atoms with Crippen LogP contribution in [-0.2, 0) is 4.74 Å². The molecule has 3 nitrogen and oxygen atoms in total. The van der Waals surface area contributed by atoms with E-state index in [9.17, 15) is 4.79 Å². The quantitative estimate of drug-likeness (QED) is 0.729. The summed E-state index contributed by atoms with van der Waals surface area (Å²) in [6, 6.07) is 5.38. The Bertz CT molecular complexity index is 345. The monoisotopic (exact) mass is 193 g/mol. The molecule has 1 rings (SSSR count). The molecule has 0 aliphatic carbocycles. The molecule has 0 aliphatic heterocycles. The number of esters is 1. The molecule has 2 N–H and O–H groups in total. The number of hydrogen-bond acceptors (Lipinski definition) is 3. The Morgan fingerprint density at radius 1 is 1.50 bits per heavy atom. The van der Waals surface area contributed by atoms with E-state index in [2.05, 4.69) is 4.74 Å². The third kappa shape index (κ3) is 2.12. The van der Waals surface area contributed by atoms with Gasteiger partial charge < -0.3 is 10.5 Å². The summed E-state index contributed by atoms with van der Waals surface area (Å²) in [5.74, 6) is -0.315. The fourth-order valence-corrected chi connectivity index (χ4v) is 1.43. The van der Waals surface area contributed by atoms with Crippen LogP contribution in [0.5, 0.6) is 0 Å². The zero-order chi connectivity index (χ0) is 10.7. The highest BCUT2D eigenvalue weighted by Gasteiger charge is 2.09. The molecule has 0 spiro atoms. The minimum atomic E-state index is -0.315. The van der Waals surface area contributed by atoms with Crippen LogP contribution in [0.25, 0.3) is 0 Å². The van der Waals surface area contributed by atoms with Crippen molar-refractivity contribution < 1.29 is 9.53 Å². The number of nitrogens with two attached hydrogens (primary N) is 1. The summed E-state index contributed by atoms with van der Waals surface area (Å²) in [5, 5.41) is 0. The molecule has 76 valence electrons. The Balaban J connectivity index is 3.06. The van der Waals surface area contributed by atoms with E-state index < -0.39 is 0 Å². The standard InChI is InChI=1S/C11H15NO2/c1-7-6-9(11(13)14-3)4-5-10(7)8(2)12/h4-6,8H,12H2,1-3H3. The van der Waals surface area contributed by atoms with E-state index in [4.69, 9.17) is 5.73 Å². The van der Waals surface area contributed by atoms with E-state index >= 15 is 0 Å². The van der Waals surface area contributed by atoms with Gasteiger partial charge in [-0.25, -0.2) is 4.79 Å². The second kappa shape index (κ2) is 4.24. The topological polar surface area (TPSA) is 52.3 Å². The maximum Gasteiger partial charge on any atom is 0.337 e. The molecule has 3 heteroatoms. The first-order valence-corrected chi connectivity index (χ1v) is 4.50. The average Bonchev–Trinajstić information content (AvgIpc) is 2.15. The zero-order valence-electron chi connectivity index (χ0n) is 8.70. The highest BCUT2D eigenvalue weighted by atomic mass is 16.5. The fourth-order valence-electron chi connectivity index (χ4n) is 1.43. The Morgan fingerprint density at radius 2 is 2.14 bits per heavy atom. The molecule has 0 amide bonds. The Morgan fingerprint density at radius 3 is 2.57 bits per heavy atom. The van der Waals surface area contributed by atoms with E-state index in [1.165, 1.54) is 7.11 Å². The lowest BCUT2D eigenvalue weighted by Crippen LogP contribution is -2.08. The normalized spacial score (nSPS) is 12.3. The molecule has 0 aromatic heterocycles. The number of benzene rings is 1. The van der Waals surface area contributed by atoms with Crippen LogP contribution >= 0.6 is 0 Å². The van der Waals surface area contributed by atoms with Crippen molar-refractivity contribution in [2.75, 3.05) is 7.11 Å². The molecule has 0 radical (unpaired) electrons. The molecular formula is C11H15NO2. The molecule has 0 saturated heterocycles. The van der Waals surface area contributed by atoms with Gasteiger partial charge in [0, 0.05) is 6.04 Å². The van der Waals surface area contributed by atoms with Crippen LogP contribution in [0, 0.1) is 6.92 Å². The summed E-state index contributed by atoms with van der Waals surface area (Å²) in [4.78, 5) is 11.2. The minimum Gasteiger partial charge on any atom is -0.465 e. The summed E-state index contributed by atoms with van der Waals surface area (Å²) in [6.45, 7) is 3.85. The first-order chi connectivity index (χ1) is 6.56. The third-order valence-electron chi connectivity index (χ3n) is 2.18. The lowest BCUT2D eigenvalue weighted by Gasteiger charge is -2.10. The van der Waals surface area contributed by atoms with Crippen molar-refractivity contribution in [2.45, 2.75) is 19.9 Å². The lowest BCUT2D eigenvalue weighted by molar-refractivity contribution is 0.0600. The summed E-state index contributed by atoms with van der Waals surface area (Å²) >= 11 is 0. The van der Waals surface area contributed by atoms with Crippen LogP contribution in [0.4, 0.5) is 0 Å². The summed E-state index contributed by atoms with van der Waals surface area (Å²) in [7, 11) is 1.37. The van der Waals surface area contributed by atoms with Gasteiger partial charge in [-0.2, -0.15) is 0 Å². The highest BCUT2D eigenvalue weighted by molar-refractivity contribution is 5.89. The van der Waals surface area contributed by atoms with Crippen LogP contribution in [0.1, 0.15) is 34.5 Å². The minimum absolute atomic E-state index is 0.0123. The predicted octanol–water partition coefficient (Wildman–Crippen LogP) is 1.80. The van der Waals surface area contributed by atoms with E-state index in [-0.39, 0.29) is 12.0 Å². The predicted molar refractivity (Wildman–Crippen MR) is 55.1 cm³/mol. The van der Waals surface area contributed by atoms with Crippen molar-refractivity contribution in [3.63, 3.8) is 0 Å². The number of carbonyl (C=O) groups is 1. The van der Waals surface area contributed by atoms with Gasteiger partial charge in [0.05, 0.1) is 12.7 Å². The molecule has 0 heterocycles. The maximum atomic E-state index is 11.2. The van der Waals surface area contributed by atoms with Gasteiger partial charge >= 0.3 is 5.97 Å².